The summed E-state index contributed by atoms with van der Waals surface area (Å²) in [6.45, 7) is 1.26. The lowest BCUT2D eigenvalue weighted by atomic mass is 9.98. The molecule has 2 heterocycles. The molecule has 6 nitrogen and oxygen atoms in total. The van der Waals surface area contributed by atoms with Crippen molar-refractivity contribution in [3.63, 3.8) is 0 Å². The number of benzene rings is 2. The Bertz CT molecular complexity index is 1020. The van der Waals surface area contributed by atoms with Gasteiger partial charge in [0.1, 0.15) is 0 Å². The van der Waals surface area contributed by atoms with Crippen LogP contribution in [0.4, 0.5) is 5.69 Å². The molecule has 3 aromatic rings. The van der Waals surface area contributed by atoms with Crippen LogP contribution in [0.5, 0.6) is 0 Å². The van der Waals surface area contributed by atoms with E-state index >= 15 is 0 Å². The first-order valence-electron chi connectivity index (χ1n) is 9.04. The van der Waals surface area contributed by atoms with Gasteiger partial charge in [0.05, 0.1) is 25.0 Å². The van der Waals surface area contributed by atoms with Crippen LogP contribution in [0.15, 0.2) is 47.4 Å². The number of rotatable bonds is 4. The van der Waals surface area contributed by atoms with Crippen molar-refractivity contribution < 1.29 is 9.72 Å². The number of nitro benzene ring substituents is 1. The average molecular weight is 414 g/mol. The standard InChI is InChI=1S/C20H19N3O3S2/c1-27-18-9-8-13(11-16(18)23(25)26)20(24)22-10-4-5-14(12-22)19-21-15-6-2-3-7-17(15)28-19/h2-3,6-9,11,14H,4-5,10,12H2,1H3/t14-/m0/s1. The number of likely N-dealkylation sites (tertiary alicyclic amines) is 1. The van der Waals surface area contributed by atoms with Gasteiger partial charge in [0, 0.05) is 30.6 Å². The SMILES string of the molecule is CSc1ccc(C(=O)N2CCC[C@H](c3nc4ccccc4s3)C2)cc1[N+](=O)[O-]. The summed E-state index contributed by atoms with van der Waals surface area (Å²) in [7, 11) is 0. The highest BCUT2D eigenvalue weighted by Crippen LogP contribution is 2.34. The molecule has 0 spiro atoms. The molecule has 8 heteroatoms. The van der Waals surface area contributed by atoms with Gasteiger partial charge < -0.3 is 4.90 Å². The molecule has 1 amide bonds. The summed E-state index contributed by atoms with van der Waals surface area (Å²) in [6, 6.07) is 12.8. The van der Waals surface area contributed by atoms with Crippen LogP contribution in [-0.2, 0) is 0 Å². The van der Waals surface area contributed by atoms with E-state index in [2.05, 4.69) is 6.07 Å². The lowest BCUT2D eigenvalue weighted by Gasteiger charge is -2.32. The number of nitrogens with zero attached hydrogens (tertiary/aromatic N) is 3. The number of thioether (sulfide) groups is 1. The highest BCUT2D eigenvalue weighted by Gasteiger charge is 2.28. The van der Waals surface area contributed by atoms with Crippen LogP contribution < -0.4 is 0 Å². The van der Waals surface area contributed by atoms with Gasteiger partial charge in [0.25, 0.3) is 11.6 Å². The maximum absolute atomic E-state index is 13.0. The van der Waals surface area contributed by atoms with Crippen molar-refractivity contribution in [3.8, 4) is 0 Å². The Labute approximate surface area is 170 Å². The smallest absolute Gasteiger partial charge is 0.283 e. The molecule has 0 radical (unpaired) electrons. The fourth-order valence-electron chi connectivity index (χ4n) is 3.58. The second kappa shape index (κ2) is 7.89. The van der Waals surface area contributed by atoms with E-state index < -0.39 is 4.92 Å². The molecule has 0 bridgehead atoms. The Morgan fingerprint density at radius 1 is 1.32 bits per heavy atom. The summed E-state index contributed by atoms with van der Waals surface area (Å²) in [5.74, 6) is 0.0529. The fourth-order valence-corrected chi connectivity index (χ4v) is 5.22. The van der Waals surface area contributed by atoms with E-state index in [1.807, 2.05) is 18.2 Å². The Morgan fingerprint density at radius 3 is 2.89 bits per heavy atom. The third-order valence-corrected chi connectivity index (χ3v) is 6.97. The molecule has 0 aliphatic carbocycles. The van der Waals surface area contributed by atoms with Crippen molar-refractivity contribution >= 4 is 44.9 Å². The normalized spacial score (nSPS) is 17.0. The number of hydrogen-bond donors (Lipinski definition) is 0. The van der Waals surface area contributed by atoms with Gasteiger partial charge in [0.15, 0.2) is 0 Å². The molecule has 1 saturated heterocycles. The van der Waals surface area contributed by atoms with E-state index in [-0.39, 0.29) is 17.5 Å². The molecule has 1 aliphatic rings. The van der Waals surface area contributed by atoms with Gasteiger partial charge in [-0.2, -0.15) is 0 Å². The number of fused-ring (bicyclic) bond motifs is 1. The molecule has 1 fully saturated rings. The van der Waals surface area contributed by atoms with Crippen molar-refractivity contribution in [3.05, 3.63) is 63.1 Å². The molecule has 0 N–H and O–H groups in total. The molecular formula is C20H19N3O3S2. The zero-order valence-corrected chi connectivity index (χ0v) is 17.0. The van der Waals surface area contributed by atoms with Crippen LogP contribution in [0.1, 0.15) is 34.1 Å². The minimum atomic E-state index is -0.428. The van der Waals surface area contributed by atoms with Gasteiger partial charge in [0.2, 0.25) is 0 Å². The summed E-state index contributed by atoms with van der Waals surface area (Å²) >= 11 is 2.99. The quantitative estimate of drug-likeness (QED) is 0.344. The lowest BCUT2D eigenvalue weighted by molar-refractivity contribution is -0.387. The number of aromatic nitrogens is 1. The number of hydrogen-bond acceptors (Lipinski definition) is 6. The third-order valence-electron chi connectivity index (χ3n) is 4.99. The first-order chi connectivity index (χ1) is 13.6. The van der Waals surface area contributed by atoms with Gasteiger partial charge in [-0.05, 0) is 43.4 Å². The highest BCUT2D eigenvalue weighted by molar-refractivity contribution is 7.98. The summed E-state index contributed by atoms with van der Waals surface area (Å²) in [4.78, 5) is 31.0. The van der Waals surface area contributed by atoms with E-state index in [0.29, 0.717) is 23.5 Å². The second-order valence-electron chi connectivity index (χ2n) is 6.75. The van der Waals surface area contributed by atoms with Crippen molar-refractivity contribution in [1.29, 1.82) is 0 Å². The van der Waals surface area contributed by atoms with Gasteiger partial charge in [-0.3, -0.25) is 14.9 Å². The predicted octanol–water partition coefficient (Wildman–Crippen LogP) is 4.95. The maximum Gasteiger partial charge on any atom is 0.283 e. The Kier molecular flexibility index (Phi) is 5.32. The molecule has 28 heavy (non-hydrogen) atoms. The molecule has 1 aromatic heterocycles. The van der Waals surface area contributed by atoms with E-state index in [9.17, 15) is 14.9 Å². The minimum absolute atomic E-state index is 0.0157. The zero-order chi connectivity index (χ0) is 19.7. The van der Waals surface area contributed by atoms with E-state index in [4.69, 9.17) is 4.98 Å². The number of carbonyl (C=O) groups excluding carboxylic acids is 1. The third kappa shape index (κ3) is 3.62. The molecule has 0 saturated carbocycles. The fraction of sp³-hybridized carbons (Fsp3) is 0.300. The first kappa shape index (κ1) is 18.9. The number of para-hydroxylation sites is 1. The molecular weight excluding hydrogens is 394 g/mol. The minimum Gasteiger partial charge on any atom is -0.338 e. The van der Waals surface area contributed by atoms with Gasteiger partial charge in [-0.15, -0.1) is 23.1 Å². The Morgan fingerprint density at radius 2 is 2.14 bits per heavy atom. The molecule has 1 aliphatic heterocycles. The van der Waals surface area contributed by atoms with Gasteiger partial charge >= 0.3 is 0 Å². The predicted molar refractivity (Wildman–Crippen MR) is 112 cm³/mol. The summed E-state index contributed by atoms with van der Waals surface area (Å²) in [6.07, 6.45) is 3.68. The highest BCUT2D eigenvalue weighted by atomic mass is 32.2. The average Bonchev–Trinajstić information content (AvgIpc) is 3.17. The number of piperidine rings is 1. The zero-order valence-electron chi connectivity index (χ0n) is 15.3. The Balaban J connectivity index is 1.56. The molecule has 1 atom stereocenters. The second-order valence-corrected chi connectivity index (χ2v) is 8.66. The number of nitro groups is 1. The number of thiazole rings is 1. The van der Waals surface area contributed by atoms with Gasteiger partial charge in [-0.1, -0.05) is 12.1 Å². The molecule has 2 aromatic carbocycles. The molecule has 144 valence electrons. The van der Waals surface area contributed by atoms with E-state index in [1.54, 1.807) is 34.6 Å². The number of carbonyl (C=O) groups is 1. The van der Waals surface area contributed by atoms with Crippen molar-refractivity contribution in [2.24, 2.45) is 0 Å². The monoisotopic (exact) mass is 413 g/mol. The van der Waals surface area contributed by atoms with E-state index in [1.165, 1.54) is 17.8 Å². The summed E-state index contributed by atoms with van der Waals surface area (Å²) in [5, 5.41) is 12.4. The molecule has 4 rings (SSSR count). The van der Waals surface area contributed by atoms with Crippen LogP contribution in [0.25, 0.3) is 10.2 Å². The molecule has 0 unspecified atom stereocenters. The Hall–Kier alpha value is -2.45. The van der Waals surface area contributed by atoms with Crippen molar-refractivity contribution in [1.82, 2.24) is 9.88 Å². The van der Waals surface area contributed by atoms with Crippen molar-refractivity contribution in [2.45, 2.75) is 23.7 Å². The van der Waals surface area contributed by atoms with Crippen LogP contribution in [0.3, 0.4) is 0 Å². The first-order valence-corrected chi connectivity index (χ1v) is 11.1. The van der Waals surface area contributed by atoms with Crippen molar-refractivity contribution in [2.75, 3.05) is 19.3 Å². The van der Waals surface area contributed by atoms with Crippen LogP contribution >= 0.6 is 23.1 Å². The van der Waals surface area contributed by atoms with Gasteiger partial charge in [-0.25, -0.2) is 4.98 Å². The van der Waals surface area contributed by atoms with Crippen LogP contribution in [-0.4, -0.2) is 40.1 Å². The van der Waals surface area contributed by atoms with Crippen LogP contribution in [0, 0.1) is 10.1 Å². The lowest BCUT2D eigenvalue weighted by Crippen LogP contribution is -2.39. The topological polar surface area (TPSA) is 76.3 Å². The summed E-state index contributed by atoms with van der Waals surface area (Å²) < 4.78 is 1.16. The van der Waals surface area contributed by atoms with E-state index in [0.717, 1.165) is 28.1 Å². The van der Waals surface area contributed by atoms with Crippen LogP contribution in [0.2, 0.25) is 0 Å². The maximum atomic E-state index is 13.0. The summed E-state index contributed by atoms with van der Waals surface area (Å²) in [5.41, 5.74) is 1.35. The largest absolute Gasteiger partial charge is 0.338 e. The number of amides is 1.